The van der Waals surface area contributed by atoms with Crippen molar-refractivity contribution in [3.63, 3.8) is 0 Å². The molecule has 128 valence electrons. The Morgan fingerprint density at radius 2 is 1.92 bits per heavy atom. The molecule has 0 atom stereocenters. The zero-order valence-electron chi connectivity index (χ0n) is 14.3. The summed E-state index contributed by atoms with van der Waals surface area (Å²) in [4.78, 5) is 20.7. The van der Waals surface area contributed by atoms with Crippen LogP contribution in [0.15, 0.2) is 54.9 Å². The molecule has 0 aliphatic heterocycles. The molecule has 5 heteroatoms. The summed E-state index contributed by atoms with van der Waals surface area (Å²) in [5.41, 5.74) is 3.07. The highest BCUT2D eigenvalue weighted by Crippen LogP contribution is 2.24. The van der Waals surface area contributed by atoms with Gasteiger partial charge in [0.15, 0.2) is 0 Å². The van der Waals surface area contributed by atoms with Crippen LogP contribution in [-0.4, -0.2) is 22.4 Å². The Morgan fingerprint density at radius 1 is 1.04 bits per heavy atom. The number of amides is 1. The number of carbonyl (C=O) groups excluding carboxylic acids is 1. The Kier molecular flexibility index (Phi) is 5.57. The third-order valence-electron chi connectivity index (χ3n) is 3.97. The topological polar surface area (TPSA) is 66.9 Å². The van der Waals surface area contributed by atoms with Gasteiger partial charge in [0.05, 0.1) is 23.1 Å². The summed E-state index contributed by atoms with van der Waals surface area (Å²) in [6.45, 7) is 2.83. The van der Waals surface area contributed by atoms with Crippen LogP contribution in [0, 0.1) is 0 Å². The van der Waals surface area contributed by atoms with E-state index < -0.39 is 0 Å². The van der Waals surface area contributed by atoms with E-state index in [1.54, 1.807) is 18.5 Å². The number of rotatable bonds is 7. The Hall–Kier alpha value is -2.95. The molecule has 3 rings (SSSR count). The first-order chi connectivity index (χ1) is 12.3. The van der Waals surface area contributed by atoms with Gasteiger partial charge >= 0.3 is 0 Å². The van der Waals surface area contributed by atoms with Gasteiger partial charge in [-0.15, -0.1) is 0 Å². The highest BCUT2D eigenvalue weighted by atomic mass is 16.1. The summed E-state index contributed by atoms with van der Waals surface area (Å²) in [6.07, 6.45) is 6.70. The van der Waals surface area contributed by atoms with Crippen LogP contribution < -0.4 is 10.6 Å². The van der Waals surface area contributed by atoms with Crippen LogP contribution in [0.1, 0.15) is 36.7 Å². The minimum Gasteiger partial charge on any atom is -0.352 e. The Balaban J connectivity index is 1.67. The van der Waals surface area contributed by atoms with Gasteiger partial charge in [0.1, 0.15) is 5.69 Å². The molecule has 0 radical (unpaired) electrons. The molecule has 2 N–H and O–H groups in total. The second-order valence-electron chi connectivity index (χ2n) is 5.90. The lowest BCUT2D eigenvalue weighted by atomic mass is 10.2. The number of anilines is 2. The van der Waals surface area contributed by atoms with Crippen LogP contribution in [0.3, 0.4) is 0 Å². The number of hydrogen-bond donors (Lipinski definition) is 2. The summed E-state index contributed by atoms with van der Waals surface area (Å²) in [6, 6.07) is 13.5. The number of nitrogens with zero attached hydrogens (tertiary/aromatic N) is 2. The normalized spacial score (nSPS) is 10.6. The van der Waals surface area contributed by atoms with E-state index in [1.807, 2.05) is 36.4 Å². The molecule has 1 amide bonds. The number of pyridine rings is 2. The van der Waals surface area contributed by atoms with E-state index in [1.165, 1.54) is 0 Å². The van der Waals surface area contributed by atoms with Crippen molar-refractivity contribution in [3.8, 4) is 0 Å². The Morgan fingerprint density at radius 3 is 2.72 bits per heavy atom. The second kappa shape index (κ2) is 8.24. The first-order valence-corrected chi connectivity index (χ1v) is 8.63. The summed E-state index contributed by atoms with van der Waals surface area (Å²) in [5.74, 6) is -0.130. The molecule has 1 aromatic carbocycles. The lowest BCUT2D eigenvalue weighted by Crippen LogP contribution is -2.25. The SMILES string of the molecule is CCCCCNC(=O)c1ccc(Nc2cccc3cccnc23)cn1. The van der Waals surface area contributed by atoms with E-state index in [4.69, 9.17) is 0 Å². The van der Waals surface area contributed by atoms with Crippen molar-refractivity contribution in [2.45, 2.75) is 26.2 Å². The fourth-order valence-corrected chi connectivity index (χ4v) is 2.63. The number of carbonyl (C=O) groups is 1. The van der Waals surface area contributed by atoms with Crippen LogP contribution in [0.5, 0.6) is 0 Å². The Labute approximate surface area is 147 Å². The molecule has 5 nitrogen and oxygen atoms in total. The standard InChI is InChI=1S/C20H22N4O/c1-2-3-4-12-22-20(25)18-11-10-16(14-23-18)24-17-9-5-7-15-8-6-13-21-19(15)17/h5-11,13-14,24H,2-4,12H2,1H3,(H,22,25). The highest BCUT2D eigenvalue weighted by molar-refractivity contribution is 5.93. The second-order valence-corrected chi connectivity index (χ2v) is 5.90. The molecule has 0 spiro atoms. The summed E-state index contributed by atoms with van der Waals surface area (Å²) >= 11 is 0. The molecule has 25 heavy (non-hydrogen) atoms. The van der Waals surface area contributed by atoms with Crippen LogP contribution in [-0.2, 0) is 0 Å². The van der Waals surface area contributed by atoms with E-state index in [0.29, 0.717) is 12.2 Å². The van der Waals surface area contributed by atoms with E-state index >= 15 is 0 Å². The molecule has 0 bridgehead atoms. The van der Waals surface area contributed by atoms with E-state index in [-0.39, 0.29) is 5.91 Å². The zero-order valence-corrected chi connectivity index (χ0v) is 14.3. The van der Waals surface area contributed by atoms with E-state index in [2.05, 4.69) is 27.5 Å². The van der Waals surface area contributed by atoms with Gasteiger partial charge in [-0.3, -0.25) is 9.78 Å². The number of benzene rings is 1. The minimum absolute atomic E-state index is 0.130. The van der Waals surface area contributed by atoms with E-state index in [0.717, 1.165) is 41.5 Å². The monoisotopic (exact) mass is 334 g/mol. The Bertz CT molecular complexity index is 840. The first kappa shape index (κ1) is 16.9. The molecule has 0 aliphatic rings. The number of nitrogens with one attached hydrogen (secondary N) is 2. The zero-order chi connectivity index (χ0) is 17.5. The summed E-state index contributed by atoms with van der Waals surface area (Å²) < 4.78 is 0. The van der Waals surface area contributed by atoms with Crippen molar-refractivity contribution in [2.24, 2.45) is 0 Å². The molecular formula is C20H22N4O. The number of fused-ring (bicyclic) bond motifs is 1. The van der Waals surface area contributed by atoms with Gasteiger partial charge in [-0.2, -0.15) is 0 Å². The smallest absolute Gasteiger partial charge is 0.269 e. The average Bonchev–Trinajstić information content (AvgIpc) is 2.66. The van der Waals surface area contributed by atoms with Gasteiger partial charge in [0.25, 0.3) is 5.91 Å². The molecule has 0 unspecified atom stereocenters. The quantitative estimate of drug-likeness (QED) is 0.632. The number of aromatic nitrogens is 2. The number of unbranched alkanes of at least 4 members (excludes halogenated alkanes) is 2. The molecule has 2 heterocycles. The highest BCUT2D eigenvalue weighted by Gasteiger charge is 2.07. The lowest BCUT2D eigenvalue weighted by molar-refractivity contribution is 0.0948. The van der Waals surface area contributed by atoms with Crippen molar-refractivity contribution in [1.29, 1.82) is 0 Å². The van der Waals surface area contributed by atoms with Gasteiger partial charge in [-0.05, 0) is 30.7 Å². The van der Waals surface area contributed by atoms with Crippen LogP contribution >= 0.6 is 0 Å². The predicted octanol–water partition coefficient (Wildman–Crippen LogP) is 4.29. The van der Waals surface area contributed by atoms with Crippen molar-refractivity contribution in [3.05, 3.63) is 60.6 Å². The maximum atomic E-state index is 12.0. The predicted molar refractivity (Wildman–Crippen MR) is 101 cm³/mol. The fraction of sp³-hybridized carbons (Fsp3) is 0.250. The molecule has 0 aliphatic carbocycles. The van der Waals surface area contributed by atoms with Crippen LogP contribution in [0.2, 0.25) is 0 Å². The number of hydrogen-bond acceptors (Lipinski definition) is 4. The van der Waals surface area contributed by atoms with Crippen molar-refractivity contribution >= 4 is 28.2 Å². The molecule has 0 saturated carbocycles. The molecule has 2 aromatic heterocycles. The molecule has 3 aromatic rings. The minimum atomic E-state index is -0.130. The average molecular weight is 334 g/mol. The summed E-state index contributed by atoms with van der Waals surface area (Å²) in [7, 11) is 0. The van der Waals surface area contributed by atoms with Crippen molar-refractivity contribution in [1.82, 2.24) is 15.3 Å². The van der Waals surface area contributed by atoms with Gasteiger partial charge in [0.2, 0.25) is 0 Å². The maximum Gasteiger partial charge on any atom is 0.269 e. The number of para-hydroxylation sites is 1. The van der Waals surface area contributed by atoms with Crippen LogP contribution in [0.4, 0.5) is 11.4 Å². The lowest BCUT2D eigenvalue weighted by Gasteiger charge is -2.09. The van der Waals surface area contributed by atoms with E-state index in [9.17, 15) is 4.79 Å². The third kappa shape index (κ3) is 4.32. The van der Waals surface area contributed by atoms with Gasteiger partial charge < -0.3 is 10.6 Å². The largest absolute Gasteiger partial charge is 0.352 e. The first-order valence-electron chi connectivity index (χ1n) is 8.63. The van der Waals surface area contributed by atoms with Crippen molar-refractivity contribution in [2.75, 3.05) is 11.9 Å². The molecule has 0 saturated heterocycles. The maximum absolute atomic E-state index is 12.0. The van der Waals surface area contributed by atoms with Gasteiger partial charge in [-0.25, -0.2) is 4.98 Å². The molecule has 0 fully saturated rings. The van der Waals surface area contributed by atoms with Gasteiger partial charge in [0, 0.05) is 18.1 Å². The van der Waals surface area contributed by atoms with Crippen molar-refractivity contribution < 1.29 is 4.79 Å². The van der Waals surface area contributed by atoms with Gasteiger partial charge in [-0.1, -0.05) is 38.0 Å². The third-order valence-corrected chi connectivity index (χ3v) is 3.97. The fourth-order valence-electron chi connectivity index (χ4n) is 2.63. The summed E-state index contributed by atoms with van der Waals surface area (Å²) in [5, 5.41) is 7.28. The molecular weight excluding hydrogens is 312 g/mol. The van der Waals surface area contributed by atoms with Crippen LogP contribution in [0.25, 0.3) is 10.9 Å².